The van der Waals surface area contributed by atoms with E-state index in [0.29, 0.717) is 18.3 Å². The van der Waals surface area contributed by atoms with Crippen molar-refractivity contribution in [1.29, 1.82) is 0 Å². The number of pyridine rings is 2. The predicted octanol–water partition coefficient (Wildman–Crippen LogP) is 4.33. The molecule has 1 atom stereocenters. The molecule has 1 N–H and O–H groups in total. The third-order valence-electron chi connectivity index (χ3n) is 5.11. The van der Waals surface area contributed by atoms with Gasteiger partial charge in [-0.1, -0.05) is 31.7 Å². The Labute approximate surface area is 160 Å². The first-order valence-electron chi connectivity index (χ1n) is 9.27. The molecule has 0 aromatic carbocycles. The zero-order valence-electron chi connectivity index (χ0n) is 15.5. The molecular formula is C20H22F3N3O2. The van der Waals surface area contributed by atoms with Gasteiger partial charge < -0.3 is 9.88 Å². The SMILES string of the molecule is Cc1ccc(NC(=O)[C@H](CC2CCCC2)n2ccc(C(F)(F)F)cc2=O)nc1. The number of halogens is 3. The van der Waals surface area contributed by atoms with Crippen molar-refractivity contribution in [2.24, 2.45) is 5.92 Å². The number of hydrogen-bond donors (Lipinski definition) is 1. The van der Waals surface area contributed by atoms with E-state index in [1.54, 1.807) is 18.3 Å². The zero-order valence-corrected chi connectivity index (χ0v) is 15.5. The number of hydrogen-bond acceptors (Lipinski definition) is 3. The van der Waals surface area contributed by atoms with Crippen molar-refractivity contribution in [3.05, 3.63) is 58.1 Å². The first-order valence-corrected chi connectivity index (χ1v) is 9.27. The van der Waals surface area contributed by atoms with E-state index in [-0.39, 0.29) is 5.92 Å². The molecule has 5 nitrogen and oxygen atoms in total. The van der Waals surface area contributed by atoms with Crippen LogP contribution in [0.25, 0.3) is 0 Å². The van der Waals surface area contributed by atoms with Gasteiger partial charge in [-0.25, -0.2) is 4.98 Å². The molecule has 0 unspecified atom stereocenters. The van der Waals surface area contributed by atoms with Gasteiger partial charge in [0.1, 0.15) is 11.9 Å². The minimum Gasteiger partial charge on any atom is -0.309 e. The molecule has 0 saturated heterocycles. The Morgan fingerprint density at radius 1 is 1.29 bits per heavy atom. The number of aromatic nitrogens is 2. The first-order chi connectivity index (χ1) is 13.2. The Kier molecular flexibility index (Phi) is 5.86. The number of nitrogens with zero attached hydrogens (tertiary/aromatic N) is 2. The molecule has 28 heavy (non-hydrogen) atoms. The molecule has 2 aromatic rings. The summed E-state index contributed by atoms with van der Waals surface area (Å²) in [6.07, 6.45) is 2.47. The average molecular weight is 393 g/mol. The maximum Gasteiger partial charge on any atom is 0.416 e. The molecule has 3 rings (SSSR count). The highest BCUT2D eigenvalue weighted by molar-refractivity contribution is 5.92. The summed E-state index contributed by atoms with van der Waals surface area (Å²) in [6.45, 7) is 1.86. The van der Waals surface area contributed by atoms with Crippen molar-refractivity contribution in [3.8, 4) is 0 Å². The molecule has 2 aromatic heterocycles. The molecule has 1 amide bonds. The molecule has 1 fully saturated rings. The summed E-state index contributed by atoms with van der Waals surface area (Å²) in [5.41, 5.74) is -0.932. The lowest BCUT2D eigenvalue weighted by atomic mass is 9.97. The molecule has 1 saturated carbocycles. The van der Waals surface area contributed by atoms with E-state index >= 15 is 0 Å². The smallest absolute Gasteiger partial charge is 0.309 e. The Morgan fingerprint density at radius 2 is 2.00 bits per heavy atom. The third kappa shape index (κ3) is 4.79. The maximum absolute atomic E-state index is 12.9. The number of alkyl halides is 3. The third-order valence-corrected chi connectivity index (χ3v) is 5.11. The number of carbonyl (C=O) groups is 1. The monoisotopic (exact) mass is 393 g/mol. The fourth-order valence-electron chi connectivity index (χ4n) is 3.58. The minimum atomic E-state index is -4.60. The lowest BCUT2D eigenvalue weighted by Crippen LogP contribution is -2.34. The van der Waals surface area contributed by atoms with Gasteiger partial charge in [-0.15, -0.1) is 0 Å². The van der Waals surface area contributed by atoms with Gasteiger partial charge in [0.2, 0.25) is 5.91 Å². The Bertz CT molecular complexity index is 885. The van der Waals surface area contributed by atoms with Crippen LogP contribution < -0.4 is 10.9 Å². The summed E-state index contributed by atoms with van der Waals surface area (Å²) in [5, 5.41) is 2.68. The summed E-state index contributed by atoms with van der Waals surface area (Å²) in [4.78, 5) is 29.4. The topological polar surface area (TPSA) is 64.0 Å². The Morgan fingerprint density at radius 3 is 2.57 bits per heavy atom. The van der Waals surface area contributed by atoms with Crippen molar-refractivity contribution in [2.45, 2.75) is 51.2 Å². The number of rotatable bonds is 5. The van der Waals surface area contributed by atoms with Crippen LogP contribution in [0.2, 0.25) is 0 Å². The molecule has 1 aliphatic carbocycles. The molecule has 0 aliphatic heterocycles. The molecule has 0 spiro atoms. The zero-order chi connectivity index (χ0) is 20.3. The van der Waals surface area contributed by atoms with Crippen LogP contribution in [0, 0.1) is 12.8 Å². The van der Waals surface area contributed by atoms with Gasteiger partial charge in [-0.3, -0.25) is 9.59 Å². The average Bonchev–Trinajstić information content (AvgIpc) is 3.14. The maximum atomic E-state index is 12.9. The molecule has 0 bridgehead atoms. The number of anilines is 1. The van der Waals surface area contributed by atoms with Crippen molar-refractivity contribution in [3.63, 3.8) is 0 Å². The van der Waals surface area contributed by atoms with Crippen LogP contribution >= 0.6 is 0 Å². The van der Waals surface area contributed by atoms with E-state index in [1.165, 1.54) is 0 Å². The summed E-state index contributed by atoms with van der Waals surface area (Å²) < 4.78 is 39.7. The lowest BCUT2D eigenvalue weighted by molar-refractivity contribution is -0.137. The second-order valence-corrected chi connectivity index (χ2v) is 7.27. The summed E-state index contributed by atoms with van der Waals surface area (Å²) >= 11 is 0. The fraction of sp³-hybridized carbons (Fsp3) is 0.450. The summed E-state index contributed by atoms with van der Waals surface area (Å²) in [5.74, 6) is 0.146. The van der Waals surface area contributed by atoms with Crippen LogP contribution in [0.1, 0.15) is 49.3 Å². The van der Waals surface area contributed by atoms with Crippen LogP contribution in [0.15, 0.2) is 41.5 Å². The van der Waals surface area contributed by atoms with Crippen molar-refractivity contribution in [1.82, 2.24) is 9.55 Å². The van der Waals surface area contributed by atoms with Gasteiger partial charge in [0.25, 0.3) is 5.56 Å². The van der Waals surface area contributed by atoms with Crippen LogP contribution in [-0.2, 0) is 11.0 Å². The number of carbonyl (C=O) groups excluding carboxylic acids is 1. The standard InChI is InChI=1S/C20H22F3N3O2/c1-13-6-7-17(24-12-13)25-19(28)16(10-14-4-2-3-5-14)26-9-8-15(11-18(26)27)20(21,22)23/h6-9,11-12,14,16H,2-5,10H2,1H3,(H,24,25,28)/t16-/m0/s1. The van der Waals surface area contributed by atoms with Crippen molar-refractivity contribution >= 4 is 11.7 Å². The Balaban J connectivity index is 1.89. The van der Waals surface area contributed by atoms with Gasteiger partial charge in [-0.2, -0.15) is 13.2 Å². The van der Waals surface area contributed by atoms with Crippen LogP contribution in [-0.4, -0.2) is 15.5 Å². The highest BCUT2D eigenvalue weighted by atomic mass is 19.4. The van der Waals surface area contributed by atoms with E-state index in [1.807, 2.05) is 6.92 Å². The second-order valence-electron chi connectivity index (χ2n) is 7.27. The molecule has 0 radical (unpaired) electrons. The van der Waals surface area contributed by atoms with Gasteiger partial charge in [0.15, 0.2) is 0 Å². The van der Waals surface area contributed by atoms with E-state index in [4.69, 9.17) is 0 Å². The molecule has 8 heteroatoms. The molecule has 150 valence electrons. The summed E-state index contributed by atoms with van der Waals surface area (Å²) in [6, 6.07) is 3.93. The summed E-state index contributed by atoms with van der Waals surface area (Å²) in [7, 11) is 0. The van der Waals surface area contributed by atoms with Crippen molar-refractivity contribution in [2.75, 3.05) is 5.32 Å². The largest absolute Gasteiger partial charge is 0.416 e. The van der Waals surface area contributed by atoms with Crippen LogP contribution in [0.5, 0.6) is 0 Å². The quantitative estimate of drug-likeness (QED) is 0.822. The number of aryl methyl sites for hydroxylation is 1. The van der Waals surface area contributed by atoms with Crippen molar-refractivity contribution < 1.29 is 18.0 Å². The van der Waals surface area contributed by atoms with E-state index < -0.39 is 29.2 Å². The minimum absolute atomic E-state index is 0.260. The molecule has 1 aliphatic rings. The van der Waals surface area contributed by atoms with Gasteiger partial charge in [0.05, 0.1) is 5.56 Å². The highest BCUT2D eigenvalue weighted by Gasteiger charge is 2.33. The highest BCUT2D eigenvalue weighted by Crippen LogP contribution is 2.33. The fourth-order valence-corrected chi connectivity index (χ4v) is 3.58. The first kappa shape index (κ1) is 20.1. The molecule has 2 heterocycles. The predicted molar refractivity (Wildman–Crippen MR) is 98.9 cm³/mol. The normalized spacial score (nSPS) is 16.1. The second kappa shape index (κ2) is 8.16. The van der Waals surface area contributed by atoms with Crippen LogP contribution in [0.3, 0.4) is 0 Å². The van der Waals surface area contributed by atoms with E-state index in [2.05, 4.69) is 10.3 Å². The Hall–Kier alpha value is -2.64. The number of nitrogens with one attached hydrogen (secondary N) is 1. The van der Waals surface area contributed by atoms with E-state index in [0.717, 1.165) is 48.1 Å². The van der Waals surface area contributed by atoms with E-state index in [9.17, 15) is 22.8 Å². The lowest BCUT2D eigenvalue weighted by Gasteiger charge is -2.22. The van der Waals surface area contributed by atoms with Crippen LogP contribution in [0.4, 0.5) is 19.0 Å². The number of amides is 1. The molecular weight excluding hydrogens is 371 g/mol. The van der Waals surface area contributed by atoms with Gasteiger partial charge >= 0.3 is 6.18 Å². The van der Waals surface area contributed by atoms with Gasteiger partial charge in [-0.05, 0) is 37.0 Å². The van der Waals surface area contributed by atoms with Gasteiger partial charge in [0, 0.05) is 18.5 Å².